The maximum atomic E-state index is 12.4. The minimum Gasteiger partial charge on any atom is -0.444 e. The van der Waals surface area contributed by atoms with Gasteiger partial charge in [-0.1, -0.05) is 30.3 Å². The Morgan fingerprint density at radius 3 is 2.37 bits per heavy atom. The smallest absolute Gasteiger partial charge is 0.408 e. The molecule has 2 aromatic heterocycles. The number of hydrogen-bond acceptors (Lipinski definition) is 5. The van der Waals surface area contributed by atoms with E-state index in [9.17, 15) is 4.79 Å². The molecule has 7 heteroatoms. The number of ether oxygens (including phenoxy) is 2. The van der Waals surface area contributed by atoms with E-state index in [1.165, 1.54) is 0 Å². The summed E-state index contributed by atoms with van der Waals surface area (Å²) in [7, 11) is 0. The number of benzene rings is 2. The fraction of sp³-hybridized carbons (Fsp3) is 0.387. The number of hydrogen-bond donors (Lipinski definition) is 1. The van der Waals surface area contributed by atoms with Gasteiger partial charge >= 0.3 is 6.09 Å². The van der Waals surface area contributed by atoms with Crippen molar-refractivity contribution in [3.8, 4) is 22.3 Å². The van der Waals surface area contributed by atoms with E-state index in [0.29, 0.717) is 0 Å². The van der Waals surface area contributed by atoms with Gasteiger partial charge in [-0.3, -0.25) is 4.98 Å². The second-order valence-corrected chi connectivity index (χ2v) is 11.4. The minimum atomic E-state index is -0.597. The number of pyridine rings is 1. The fourth-order valence-corrected chi connectivity index (χ4v) is 4.96. The van der Waals surface area contributed by atoms with Crippen LogP contribution in [0.15, 0.2) is 67.1 Å². The number of carbonyl (C=O) groups is 1. The van der Waals surface area contributed by atoms with Gasteiger partial charge in [-0.25, -0.2) is 9.48 Å². The van der Waals surface area contributed by atoms with E-state index in [1.54, 1.807) is 0 Å². The highest BCUT2D eigenvalue weighted by atomic mass is 16.6. The highest BCUT2D eigenvalue weighted by Crippen LogP contribution is 2.39. The van der Waals surface area contributed by atoms with Gasteiger partial charge in [0.05, 0.1) is 11.1 Å². The molecule has 1 aliphatic heterocycles. The van der Waals surface area contributed by atoms with Crippen LogP contribution >= 0.6 is 0 Å². The van der Waals surface area contributed by atoms with Crippen LogP contribution in [-0.2, 0) is 15.0 Å². The van der Waals surface area contributed by atoms with Gasteiger partial charge in [0, 0.05) is 36.1 Å². The van der Waals surface area contributed by atoms with Crippen LogP contribution in [0.3, 0.4) is 0 Å². The first-order valence-corrected chi connectivity index (χ1v) is 13.3. The van der Waals surface area contributed by atoms with Crippen LogP contribution in [0, 0.1) is 0 Å². The second-order valence-electron chi connectivity index (χ2n) is 11.4. The molecule has 1 saturated heterocycles. The lowest BCUT2D eigenvalue weighted by atomic mass is 9.89. The third-order valence-corrected chi connectivity index (χ3v) is 6.86. The molecule has 1 N–H and O–H groups in total. The van der Waals surface area contributed by atoms with Crippen LogP contribution in [0.4, 0.5) is 4.79 Å². The zero-order chi connectivity index (χ0) is 26.9. The third-order valence-electron chi connectivity index (χ3n) is 6.86. The zero-order valence-corrected chi connectivity index (χ0v) is 22.8. The predicted molar refractivity (Wildman–Crippen MR) is 150 cm³/mol. The molecule has 198 valence electrons. The number of carbonyl (C=O) groups excluding carboxylic acids is 1. The summed E-state index contributed by atoms with van der Waals surface area (Å²) in [4.78, 5) is 16.7. The van der Waals surface area contributed by atoms with Crippen LogP contribution in [0.25, 0.3) is 33.2 Å². The molecule has 0 bridgehead atoms. The van der Waals surface area contributed by atoms with E-state index in [0.717, 1.165) is 64.6 Å². The lowest BCUT2D eigenvalue weighted by Gasteiger charge is -2.29. The molecule has 0 saturated carbocycles. The zero-order valence-electron chi connectivity index (χ0n) is 22.8. The van der Waals surface area contributed by atoms with Crippen LogP contribution in [-0.4, -0.2) is 33.1 Å². The molecule has 4 aromatic rings. The van der Waals surface area contributed by atoms with Crippen molar-refractivity contribution in [1.82, 2.24) is 20.1 Å². The van der Waals surface area contributed by atoms with E-state index in [-0.39, 0.29) is 6.23 Å². The van der Waals surface area contributed by atoms with Crippen LogP contribution in [0.5, 0.6) is 0 Å². The molecule has 0 aliphatic carbocycles. The van der Waals surface area contributed by atoms with Crippen molar-refractivity contribution >= 4 is 17.0 Å². The molecule has 0 spiro atoms. The topological polar surface area (TPSA) is 78.3 Å². The van der Waals surface area contributed by atoms with Gasteiger partial charge in [-0.15, -0.1) is 0 Å². The molecular weight excluding hydrogens is 476 g/mol. The second kappa shape index (κ2) is 10.2. The first-order valence-electron chi connectivity index (χ1n) is 13.3. The molecule has 3 heterocycles. The Balaban J connectivity index is 1.51. The number of aromatic nitrogens is 3. The van der Waals surface area contributed by atoms with Crippen molar-refractivity contribution in [2.24, 2.45) is 0 Å². The summed E-state index contributed by atoms with van der Waals surface area (Å²) in [5, 5.41) is 8.96. The highest BCUT2D eigenvalue weighted by Gasteiger charge is 2.26. The molecule has 1 atom stereocenters. The van der Waals surface area contributed by atoms with Crippen molar-refractivity contribution in [2.45, 2.75) is 71.2 Å². The van der Waals surface area contributed by atoms with Gasteiger partial charge in [0.15, 0.2) is 0 Å². The summed E-state index contributed by atoms with van der Waals surface area (Å²) in [5.41, 5.74) is 5.17. The Hall–Kier alpha value is -3.71. The van der Waals surface area contributed by atoms with Gasteiger partial charge in [0.25, 0.3) is 0 Å². The molecule has 1 fully saturated rings. The highest BCUT2D eigenvalue weighted by molar-refractivity contribution is 6.02. The molecule has 1 amide bonds. The summed E-state index contributed by atoms with van der Waals surface area (Å²) in [5.74, 6) is 0. The lowest BCUT2D eigenvalue weighted by molar-refractivity contribution is -0.0390. The van der Waals surface area contributed by atoms with Crippen molar-refractivity contribution in [2.75, 3.05) is 6.61 Å². The van der Waals surface area contributed by atoms with Crippen LogP contribution in [0.1, 0.15) is 65.7 Å². The number of nitrogens with one attached hydrogen (secondary N) is 1. The number of amides is 1. The quantitative estimate of drug-likeness (QED) is 0.305. The van der Waals surface area contributed by atoms with E-state index >= 15 is 0 Å². The molecule has 2 aromatic carbocycles. The van der Waals surface area contributed by atoms with Gasteiger partial charge < -0.3 is 14.8 Å². The Labute approximate surface area is 224 Å². The lowest BCUT2D eigenvalue weighted by Crippen LogP contribution is -2.43. The third kappa shape index (κ3) is 5.58. The van der Waals surface area contributed by atoms with Crippen molar-refractivity contribution in [3.05, 3.63) is 72.7 Å². The minimum absolute atomic E-state index is 0.0242. The van der Waals surface area contributed by atoms with Crippen molar-refractivity contribution < 1.29 is 14.3 Å². The summed E-state index contributed by atoms with van der Waals surface area (Å²) < 4.78 is 13.5. The van der Waals surface area contributed by atoms with E-state index in [2.05, 4.69) is 52.9 Å². The van der Waals surface area contributed by atoms with Gasteiger partial charge in [0.2, 0.25) is 0 Å². The maximum absolute atomic E-state index is 12.4. The van der Waals surface area contributed by atoms with Crippen molar-refractivity contribution in [1.29, 1.82) is 0 Å². The first kappa shape index (κ1) is 25.9. The molecular formula is C31H36N4O3. The van der Waals surface area contributed by atoms with E-state index < -0.39 is 17.2 Å². The molecule has 1 unspecified atom stereocenters. The number of nitrogens with zero attached hydrogens (tertiary/aromatic N) is 3. The number of alkyl carbamates (subject to hydrolysis) is 1. The maximum Gasteiger partial charge on any atom is 0.408 e. The standard InChI is InChI=1S/C31H36N4O3/c1-30(2,3)38-29(36)33-31(4,5)23-11-9-21(10-12-23)24-13-14-26-25(28(24)22-15-17-32-18-16-22)20-35(34-26)27-8-6-7-19-37-27/h9-18,20,27H,6-8,19H2,1-5H3,(H,33,36). The predicted octanol–water partition coefficient (Wildman–Crippen LogP) is 7.22. The number of rotatable bonds is 5. The molecule has 38 heavy (non-hydrogen) atoms. The average molecular weight is 513 g/mol. The fourth-order valence-electron chi connectivity index (χ4n) is 4.96. The molecule has 1 aliphatic rings. The number of fused-ring (bicyclic) bond motifs is 1. The Morgan fingerprint density at radius 1 is 0.974 bits per heavy atom. The SMILES string of the molecule is CC(C)(C)OC(=O)NC(C)(C)c1ccc(-c2ccc3nn(C4CCCCO4)cc3c2-c2ccncc2)cc1. The average Bonchev–Trinajstić information content (AvgIpc) is 3.32. The Morgan fingerprint density at radius 2 is 1.71 bits per heavy atom. The summed E-state index contributed by atoms with van der Waals surface area (Å²) in [6.45, 7) is 10.3. The van der Waals surface area contributed by atoms with Gasteiger partial charge in [-0.05, 0) is 94.3 Å². The molecule has 0 radical (unpaired) electrons. The summed E-state index contributed by atoms with van der Waals surface area (Å²) in [6.07, 6.45) is 8.52. The van der Waals surface area contributed by atoms with Crippen molar-refractivity contribution in [3.63, 3.8) is 0 Å². The largest absolute Gasteiger partial charge is 0.444 e. The van der Waals surface area contributed by atoms with Crippen LogP contribution < -0.4 is 5.32 Å². The first-order chi connectivity index (χ1) is 18.1. The molecule has 7 nitrogen and oxygen atoms in total. The van der Waals surface area contributed by atoms with Crippen LogP contribution in [0.2, 0.25) is 0 Å². The monoisotopic (exact) mass is 512 g/mol. The summed E-state index contributed by atoms with van der Waals surface area (Å²) in [6, 6.07) is 16.6. The summed E-state index contributed by atoms with van der Waals surface area (Å²) >= 11 is 0. The van der Waals surface area contributed by atoms with E-state index in [4.69, 9.17) is 14.6 Å². The van der Waals surface area contributed by atoms with Gasteiger partial charge in [0.1, 0.15) is 11.8 Å². The Kier molecular flexibility index (Phi) is 6.97. The molecule has 5 rings (SSSR count). The Bertz CT molecular complexity index is 1410. The normalized spacial score (nSPS) is 16.4. The van der Waals surface area contributed by atoms with Gasteiger partial charge in [-0.2, -0.15) is 5.10 Å². The van der Waals surface area contributed by atoms with E-state index in [1.807, 2.05) is 63.8 Å².